The number of hydrogen-bond donors (Lipinski definition) is 1. The van der Waals surface area contributed by atoms with E-state index in [4.69, 9.17) is 0 Å². The van der Waals surface area contributed by atoms with Gasteiger partial charge < -0.3 is 5.32 Å². The third kappa shape index (κ3) is 1.14. The molecule has 3 nitrogen and oxygen atoms in total. The molecule has 0 fully saturated rings. The van der Waals surface area contributed by atoms with Crippen molar-refractivity contribution in [3.63, 3.8) is 0 Å². The lowest BCUT2D eigenvalue weighted by molar-refractivity contribution is -0.104. The molecule has 0 bridgehead atoms. The zero-order valence-electron chi connectivity index (χ0n) is 6.78. The Morgan fingerprint density at radius 2 is 1.85 bits per heavy atom. The van der Waals surface area contributed by atoms with Crippen LogP contribution in [-0.2, 0) is 4.79 Å². The van der Waals surface area contributed by atoms with Crippen LogP contribution in [0.15, 0.2) is 30.3 Å². The number of benzene rings is 1. The smallest absolute Gasteiger partial charge is 0.256 e. The fourth-order valence-electron chi connectivity index (χ4n) is 1.37. The van der Waals surface area contributed by atoms with Crippen LogP contribution in [0.1, 0.15) is 15.9 Å². The van der Waals surface area contributed by atoms with Crippen molar-refractivity contribution in [3.05, 3.63) is 41.5 Å². The molecule has 0 unspecified atom stereocenters. The fourth-order valence-corrected chi connectivity index (χ4v) is 1.37. The van der Waals surface area contributed by atoms with Gasteiger partial charge in [0.15, 0.2) is 0 Å². The predicted octanol–water partition coefficient (Wildman–Crippen LogP) is 0.970. The fraction of sp³-hybridized carbons (Fsp3) is 0. The molecule has 0 spiro atoms. The van der Waals surface area contributed by atoms with Gasteiger partial charge in [0.1, 0.15) is 6.29 Å². The van der Waals surface area contributed by atoms with Gasteiger partial charge in [-0.15, -0.1) is 0 Å². The molecule has 1 N–H and O–H groups in total. The third-order valence-electron chi connectivity index (χ3n) is 1.94. The largest absolute Gasteiger partial charge is 0.321 e. The Labute approximate surface area is 75.1 Å². The number of amides is 1. The van der Waals surface area contributed by atoms with Gasteiger partial charge in [0, 0.05) is 17.2 Å². The van der Waals surface area contributed by atoms with Gasteiger partial charge in [-0.3, -0.25) is 9.59 Å². The van der Waals surface area contributed by atoms with Crippen LogP contribution in [0.25, 0.3) is 5.70 Å². The van der Waals surface area contributed by atoms with E-state index in [0.717, 1.165) is 5.56 Å². The summed E-state index contributed by atoms with van der Waals surface area (Å²) >= 11 is 0. The second-order valence-electron chi connectivity index (χ2n) is 2.72. The van der Waals surface area contributed by atoms with Crippen LogP contribution in [0.2, 0.25) is 0 Å². The van der Waals surface area contributed by atoms with Crippen LogP contribution in [0, 0.1) is 0 Å². The molecule has 1 aliphatic heterocycles. The molecule has 13 heavy (non-hydrogen) atoms. The van der Waals surface area contributed by atoms with Crippen LogP contribution in [-0.4, -0.2) is 12.2 Å². The second kappa shape index (κ2) is 2.86. The van der Waals surface area contributed by atoms with Gasteiger partial charge >= 0.3 is 0 Å². The van der Waals surface area contributed by atoms with Crippen molar-refractivity contribution in [2.45, 2.75) is 0 Å². The second-order valence-corrected chi connectivity index (χ2v) is 2.72. The number of carbonyl (C=O) groups excluding carboxylic acids is 2. The molecule has 1 aliphatic rings. The Morgan fingerprint density at radius 1 is 1.15 bits per heavy atom. The van der Waals surface area contributed by atoms with Crippen LogP contribution in [0.5, 0.6) is 0 Å². The summed E-state index contributed by atoms with van der Waals surface area (Å²) in [5.41, 5.74) is 1.99. The molecule has 1 heterocycles. The van der Waals surface area contributed by atoms with E-state index < -0.39 is 0 Å². The molecule has 2 rings (SSSR count). The lowest BCUT2D eigenvalue weighted by atomic mass is 10.1. The van der Waals surface area contributed by atoms with Gasteiger partial charge in [0.25, 0.3) is 5.91 Å². The Kier molecular flexibility index (Phi) is 1.70. The normalized spacial score (nSPS) is 16.9. The maximum Gasteiger partial charge on any atom is 0.256 e. The number of carbonyl (C=O) groups is 2. The molecule has 1 amide bonds. The highest BCUT2D eigenvalue weighted by atomic mass is 16.2. The van der Waals surface area contributed by atoms with Crippen molar-refractivity contribution in [3.8, 4) is 0 Å². The van der Waals surface area contributed by atoms with Crippen LogP contribution < -0.4 is 5.32 Å². The van der Waals surface area contributed by atoms with Gasteiger partial charge in [0.2, 0.25) is 0 Å². The molecule has 0 aliphatic carbocycles. The summed E-state index contributed by atoms with van der Waals surface area (Å²) in [6.07, 6.45) is 2.02. The zero-order valence-corrected chi connectivity index (χ0v) is 6.78. The highest BCUT2D eigenvalue weighted by Gasteiger charge is 2.21. The maximum atomic E-state index is 11.3. The number of rotatable bonds is 1. The van der Waals surface area contributed by atoms with Crippen LogP contribution >= 0.6 is 0 Å². The maximum absolute atomic E-state index is 11.3. The average molecular weight is 173 g/mol. The quantitative estimate of drug-likeness (QED) is 0.508. The molecule has 1 aromatic rings. The first-order chi connectivity index (χ1) is 6.33. The van der Waals surface area contributed by atoms with Gasteiger partial charge in [-0.1, -0.05) is 18.2 Å². The molecule has 0 saturated heterocycles. The molecular weight excluding hydrogens is 166 g/mol. The van der Waals surface area contributed by atoms with Crippen molar-refractivity contribution in [2.24, 2.45) is 0 Å². The minimum absolute atomic E-state index is 0.149. The van der Waals surface area contributed by atoms with E-state index in [1.807, 2.05) is 12.1 Å². The van der Waals surface area contributed by atoms with Crippen LogP contribution in [0.4, 0.5) is 0 Å². The van der Waals surface area contributed by atoms with E-state index >= 15 is 0 Å². The van der Waals surface area contributed by atoms with Gasteiger partial charge in [-0.25, -0.2) is 0 Å². The number of aldehydes is 1. The predicted molar refractivity (Wildman–Crippen MR) is 47.9 cm³/mol. The monoisotopic (exact) mass is 173 g/mol. The molecule has 3 heteroatoms. The van der Waals surface area contributed by atoms with Gasteiger partial charge in [-0.2, -0.15) is 0 Å². The lowest BCUT2D eigenvalue weighted by Gasteiger charge is -1.94. The van der Waals surface area contributed by atoms with E-state index in [2.05, 4.69) is 5.32 Å². The van der Waals surface area contributed by atoms with E-state index in [9.17, 15) is 9.59 Å². The number of hydrogen-bond acceptors (Lipinski definition) is 2. The summed E-state index contributed by atoms with van der Waals surface area (Å²) in [5, 5.41) is 2.61. The summed E-state index contributed by atoms with van der Waals surface area (Å²) in [6.45, 7) is 0. The van der Waals surface area contributed by atoms with E-state index in [1.165, 1.54) is 6.08 Å². The SMILES string of the molecule is O=C/C=C1\NC(=O)c2ccccc21. The number of fused-ring (bicyclic) bond motifs is 1. The number of nitrogens with one attached hydrogen (secondary N) is 1. The van der Waals surface area contributed by atoms with Crippen molar-refractivity contribution in [1.82, 2.24) is 5.32 Å². The Hall–Kier alpha value is -1.90. The minimum Gasteiger partial charge on any atom is -0.321 e. The molecule has 1 aromatic carbocycles. The van der Waals surface area contributed by atoms with E-state index in [-0.39, 0.29) is 5.91 Å². The first-order valence-electron chi connectivity index (χ1n) is 3.89. The van der Waals surface area contributed by atoms with Crippen molar-refractivity contribution in [2.75, 3.05) is 0 Å². The summed E-state index contributed by atoms with van der Waals surface area (Å²) in [7, 11) is 0. The summed E-state index contributed by atoms with van der Waals surface area (Å²) in [4.78, 5) is 21.5. The van der Waals surface area contributed by atoms with Gasteiger partial charge in [0.05, 0.1) is 5.70 Å². The first kappa shape index (κ1) is 7.73. The minimum atomic E-state index is -0.149. The van der Waals surface area contributed by atoms with Gasteiger partial charge in [-0.05, 0) is 6.07 Å². The summed E-state index contributed by atoms with van der Waals surface area (Å²) < 4.78 is 0. The Balaban J connectivity index is 2.59. The molecule has 0 aromatic heterocycles. The highest BCUT2D eigenvalue weighted by Crippen LogP contribution is 2.22. The highest BCUT2D eigenvalue weighted by molar-refractivity contribution is 6.10. The molecule has 64 valence electrons. The summed E-state index contributed by atoms with van der Waals surface area (Å²) in [6, 6.07) is 7.17. The standard InChI is InChI=1S/C10H7NO2/c12-6-5-9-7-3-1-2-4-8(7)10(13)11-9/h1-6H,(H,11,13)/b9-5-. The number of allylic oxidation sites excluding steroid dienone is 1. The Bertz CT molecular complexity index is 407. The topological polar surface area (TPSA) is 46.2 Å². The van der Waals surface area contributed by atoms with E-state index in [1.54, 1.807) is 12.1 Å². The first-order valence-corrected chi connectivity index (χ1v) is 3.89. The van der Waals surface area contributed by atoms with Crippen molar-refractivity contribution >= 4 is 17.9 Å². The summed E-state index contributed by atoms with van der Waals surface area (Å²) in [5.74, 6) is -0.149. The molecule has 0 atom stereocenters. The average Bonchev–Trinajstić information content (AvgIpc) is 2.46. The lowest BCUT2D eigenvalue weighted by Crippen LogP contribution is -2.12. The molecule has 0 saturated carbocycles. The van der Waals surface area contributed by atoms with Crippen molar-refractivity contribution < 1.29 is 9.59 Å². The third-order valence-corrected chi connectivity index (χ3v) is 1.94. The molecule has 0 radical (unpaired) electrons. The zero-order chi connectivity index (χ0) is 9.26. The molecular formula is C10H7NO2. The van der Waals surface area contributed by atoms with Crippen molar-refractivity contribution in [1.29, 1.82) is 0 Å². The van der Waals surface area contributed by atoms with Crippen LogP contribution in [0.3, 0.4) is 0 Å². The van der Waals surface area contributed by atoms with E-state index in [0.29, 0.717) is 17.5 Å². The Morgan fingerprint density at radius 3 is 2.54 bits per heavy atom.